The van der Waals surface area contributed by atoms with Gasteiger partial charge < -0.3 is 9.84 Å². The van der Waals surface area contributed by atoms with E-state index in [0.29, 0.717) is 18.1 Å². The minimum Gasteiger partial charge on any atom is -0.392 e. The van der Waals surface area contributed by atoms with Crippen molar-refractivity contribution < 1.29 is 9.84 Å². The Morgan fingerprint density at radius 2 is 2.20 bits per heavy atom. The molecule has 0 aromatic heterocycles. The topological polar surface area (TPSA) is 32.8 Å². The number of ether oxygens (including phenoxy) is 1. The van der Waals surface area contributed by atoms with E-state index in [9.17, 15) is 5.11 Å². The fourth-order valence-electron chi connectivity index (χ4n) is 2.52. The molecular weight excluding hydrogens is 188 g/mol. The van der Waals surface area contributed by atoms with Crippen molar-refractivity contribution >= 4 is 0 Å². The molecule has 1 aliphatic carbocycles. The molecule has 5 unspecified atom stereocenters. The van der Waals surface area contributed by atoms with Gasteiger partial charge in [-0.25, -0.2) is 0 Å². The number of epoxide rings is 1. The van der Waals surface area contributed by atoms with Gasteiger partial charge in [-0.1, -0.05) is 38.8 Å². The summed E-state index contributed by atoms with van der Waals surface area (Å²) in [5.41, 5.74) is 0. The molecule has 1 heterocycles. The van der Waals surface area contributed by atoms with Gasteiger partial charge in [-0.2, -0.15) is 0 Å². The highest BCUT2D eigenvalue weighted by molar-refractivity contribution is 5.08. The maximum atomic E-state index is 9.96. The van der Waals surface area contributed by atoms with Crippen molar-refractivity contribution in [3.63, 3.8) is 0 Å². The Labute approximate surface area is 92.3 Å². The lowest BCUT2D eigenvalue weighted by atomic mass is 9.84. The van der Waals surface area contributed by atoms with Gasteiger partial charge in [0.25, 0.3) is 0 Å². The third-order valence-electron chi connectivity index (χ3n) is 3.56. The molecule has 1 fully saturated rings. The molecule has 0 saturated carbocycles. The Hall–Kier alpha value is -0.340. The molecule has 5 atom stereocenters. The second-order valence-corrected chi connectivity index (χ2v) is 5.02. The highest BCUT2D eigenvalue weighted by Gasteiger charge is 2.46. The van der Waals surface area contributed by atoms with Crippen LogP contribution in [-0.2, 0) is 4.74 Å². The van der Waals surface area contributed by atoms with Crippen LogP contribution in [0.2, 0.25) is 0 Å². The zero-order valence-corrected chi connectivity index (χ0v) is 9.73. The molecule has 2 heteroatoms. The SMILES string of the molecule is CCCCC1OC1C1C=CC(C)CC1O. The third-order valence-corrected chi connectivity index (χ3v) is 3.56. The van der Waals surface area contributed by atoms with Crippen LogP contribution in [0.5, 0.6) is 0 Å². The summed E-state index contributed by atoms with van der Waals surface area (Å²) in [5.74, 6) is 0.771. The molecule has 0 radical (unpaired) electrons. The first-order valence-corrected chi connectivity index (χ1v) is 6.24. The van der Waals surface area contributed by atoms with Crippen molar-refractivity contribution in [2.24, 2.45) is 11.8 Å². The molecule has 86 valence electrons. The Morgan fingerprint density at radius 3 is 2.87 bits per heavy atom. The van der Waals surface area contributed by atoms with Gasteiger partial charge in [0.1, 0.15) is 0 Å². The lowest BCUT2D eigenvalue weighted by molar-refractivity contribution is 0.0885. The first kappa shape index (κ1) is 11.2. The maximum absolute atomic E-state index is 9.96. The Bertz CT molecular complexity index is 237. The minimum absolute atomic E-state index is 0.193. The number of aliphatic hydroxyl groups excluding tert-OH is 1. The van der Waals surface area contributed by atoms with Crippen LogP contribution < -0.4 is 0 Å². The number of unbranched alkanes of at least 4 members (excludes halogenated alkanes) is 1. The van der Waals surface area contributed by atoms with Crippen LogP contribution >= 0.6 is 0 Å². The molecule has 0 spiro atoms. The van der Waals surface area contributed by atoms with Crippen molar-refractivity contribution in [2.75, 3.05) is 0 Å². The van der Waals surface area contributed by atoms with Crippen molar-refractivity contribution in [1.82, 2.24) is 0 Å². The number of hydrogen-bond acceptors (Lipinski definition) is 2. The second-order valence-electron chi connectivity index (χ2n) is 5.02. The molecule has 2 nitrogen and oxygen atoms in total. The summed E-state index contributed by atoms with van der Waals surface area (Å²) in [7, 11) is 0. The molecule has 1 saturated heterocycles. The molecule has 0 aromatic carbocycles. The fraction of sp³-hybridized carbons (Fsp3) is 0.846. The van der Waals surface area contributed by atoms with Gasteiger partial charge in [0.2, 0.25) is 0 Å². The Balaban J connectivity index is 1.83. The highest BCUT2D eigenvalue weighted by atomic mass is 16.6. The average molecular weight is 210 g/mol. The maximum Gasteiger partial charge on any atom is 0.0929 e. The molecule has 2 aliphatic rings. The average Bonchev–Trinajstić information content (AvgIpc) is 2.94. The molecule has 0 amide bonds. The number of hydrogen-bond donors (Lipinski definition) is 1. The van der Waals surface area contributed by atoms with Crippen LogP contribution in [0.25, 0.3) is 0 Å². The first-order chi connectivity index (χ1) is 7.22. The monoisotopic (exact) mass is 210 g/mol. The smallest absolute Gasteiger partial charge is 0.0929 e. The zero-order valence-electron chi connectivity index (χ0n) is 9.73. The van der Waals surface area contributed by atoms with Gasteiger partial charge in [-0.05, 0) is 18.8 Å². The summed E-state index contributed by atoms with van der Waals surface area (Å²) in [6.07, 6.45) is 9.43. The summed E-state index contributed by atoms with van der Waals surface area (Å²) in [5, 5.41) is 9.96. The second kappa shape index (κ2) is 4.67. The van der Waals surface area contributed by atoms with Crippen LogP contribution in [0.4, 0.5) is 0 Å². The summed E-state index contributed by atoms with van der Waals surface area (Å²) >= 11 is 0. The molecular formula is C13H22O2. The minimum atomic E-state index is -0.193. The van der Waals surface area contributed by atoms with Gasteiger partial charge >= 0.3 is 0 Å². The van der Waals surface area contributed by atoms with Crippen LogP contribution in [-0.4, -0.2) is 23.4 Å². The molecule has 1 aliphatic heterocycles. The van der Waals surface area contributed by atoms with Crippen molar-refractivity contribution in [1.29, 1.82) is 0 Å². The normalized spacial score (nSPS) is 44.3. The van der Waals surface area contributed by atoms with Gasteiger partial charge in [0.05, 0.1) is 18.3 Å². The van der Waals surface area contributed by atoms with E-state index in [4.69, 9.17) is 4.74 Å². The predicted octanol–water partition coefficient (Wildman–Crippen LogP) is 2.52. The Kier molecular flexibility index (Phi) is 3.47. The summed E-state index contributed by atoms with van der Waals surface area (Å²) in [4.78, 5) is 0. The summed E-state index contributed by atoms with van der Waals surface area (Å²) in [6.45, 7) is 4.35. The first-order valence-electron chi connectivity index (χ1n) is 6.24. The predicted molar refractivity (Wildman–Crippen MR) is 60.6 cm³/mol. The molecule has 1 N–H and O–H groups in total. The van der Waals surface area contributed by atoms with Crippen LogP contribution in [0.3, 0.4) is 0 Å². The van der Waals surface area contributed by atoms with Crippen LogP contribution in [0.15, 0.2) is 12.2 Å². The third kappa shape index (κ3) is 2.61. The van der Waals surface area contributed by atoms with E-state index in [1.165, 1.54) is 12.8 Å². The van der Waals surface area contributed by atoms with Crippen molar-refractivity contribution in [2.45, 2.75) is 57.8 Å². The van der Waals surface area contributed by atoms with E-state index in [-0.39, 0.29) is 12.0 Å². The lowest BCUT2D eigenvalue weighted by Gasteiger charge is -2.25. The van der Waals surface area contributed by atoms with Gasteiger partial charge in [0, 0.05) is 5.92 Å². The number of allylic oxidation sites excluding steroid dienone is 1. The Morgan fingerprint density at radius 1 is 1.40 bits per heavy atom. The standard InChI is InChI=1S/C13H22O2/c1-3-4-5-12-13(15-12)10-7-6-9(2)8-11(10)14/h6-7,9-14H,3-5,8H2,1-2H3. The van der Waals surface area contributed by atoms with Gasteiger partial charge in [-0.3, -0.25) is 0 Å². The highest BCUT2D eigenvalue weighted by Crippen LogP contribution is 2.38. The number of aliphatic hydroxyl groups is 1. The van der Waals surface area contributed by atoms with E-state index in [0.717, 1.165) is 12.8 Å². The quantitative estimate of drug-likeness (QED) is 0.571. The van der Waals surface area contributed by atoms with E-state index in [1.807, 2.05) is 0 Å². The zero-order chi connectivity index (χ0) is 10.8. The molecule has 0 aromatic rings. The molecule has 0 bridgehead atoms. The van der Waals surface area contributed by atoms with Gasteiger partial charge in [-0.15, -0.1) is 0 Å². The lowest BCUT2D eigenvalue weighted by Crippen LogP contribution is -2.29. The van der Waals surface area contributed by atoms with E-state index in [1.54, 1.807) is 0 Å². The molecule has 2 rings (SSSR count). The van der Waals surface area contributed by atoms with Crippen LogP contribution in [0, 0.1) is 11.8 Å². The van der Waals surface area contributed by atoms with E-state index >= 15 is 0 Å². The van der Waals surface area contributed by atoms with E-state index < -0.39 is 0 Å². The number of rotatable bonds is 4. The molecule has 15 heavy (non-hydrogen) atoms. The largest absolute Gasteiger partial charge is 0.392 e. The summed E-state index contributed by atoms with van der Waals surface area (Å²) < 4.78 is 5.65. The fourth-order valence-corrected chi connectivity index (χ4v) is 2.52. The van der Waals surface area contributed by atoms with E-state index in [2.05, 4.69) is 26.0 Å². The van der Waals surface area contributed by atoms with Crippen LogP contribution in [0.1, 0.15) is 39.5 Å². The summed E-state index contributed by atoms with van der Waals surface area (Å²) in [6, 6.07) is 0. The van der Waals surface area contributed by atoms with Crippen molar-refractivity contribution in [3.8, 4) is 0 Å². The van der Waals surface area contributed by atoms with Gasteiger partial charge in [0.15, 0.2) is 0 Å². The van der Waals surface area contributed by atoms with Crippen molar-refractivity contribution in [3.05, 3.63) is 12.2 Å².